The lowest BCUT2D eigenvalue weighted by Crippen LogP contribution is -2.26. The van der Waals surface area contributed by atoms with Crippen LogP contribution in [0.15, 0.2) is 18.2 Å². The zero-order chi connectivity index (χ0) is 12.8. The molecule has 92 valence electrons. The number of phenolic OH excluding ortho intramolecular Hbond substituents is 2. The molecule has 6 nitrogen and oxygen atoms in total. The Bertz CT molecular complexity index is 410. The SMILES string of the molecule is COC(=O)CCNC(=O)c1cc(O)cc(O)c1. The van der Waals surface area contributed by atoms with Gasteiger partial charge in [-0.05, 0) is 12.1 Å². The van der Waals surface area contributed by atoms with Crippen molar-refractivity contribution in [2.24, 2.45) is 0 Å². The van der Waals surface area contributed by atoms with Crippen molar-refractivity contribution in [1.29, 1.82) is 0 Å². The standard InChI is InChI=1S/C11H13NO5/c1-17-10(15)2-3-12-11(16)7-4-8(13)6-9(14)5-7/h4-6,13-14H,2-3H2,1H3,(H,12,16). The average molecular weight is 239 g/mol. The molecular weight excluding hydrogens is 226 g/mol. The lowest BCUT2D eigenvalue weighted by molar-refractivity contribution is -0.140. The molecular formula is C11H13NO5. The van der Waals surface area contributed by atoms with Gasteiger partial charge in [0.2, 0.25) is 0 Å². The van der Waals surface area contributed by atoms with E-state index in [1.54, 1.807) is 0 Å². The van der Waals surface area contributed by atoms with Crippen molar-refractivity contribution in [3.8, 4) is 11.5 Å². The molecule has 17 heavy (non-hydrogen) atoms. The summed E-state index contributed by atoms with van der Waals surface area (Å²) < 4.78 is 4.41. The minimum absolute atomic E-state index is 0.0625. The molecule has 0 saturated carbocycles. The van der Waals surface area contributed by atoms with Gasteiger partial charge in [-0.25, -0.2) is 0 Å². The van der Waals surface area contributed by atoms with E-state index in [-0.39, 0.29) is 30.0 Å². The van der Waals surface area contributed by atoms with Crippen LogP contribution in [0.5, 0.6) is 11.5 Å². The molecule has 0 aliphatic heterocycles. The first-order valence-electron chi connectivity index (χ1n) is 4.91. The van der Waals surface area contributed by atoms with Crippen LogP contribution in [-0.2, 0) is 9.53 Å². The molecule has 0 aliphatic rings. The first-order chi connectivity index (χ1) is 8.02. The third kappa shape index (κ3) is 4.02. The van der Waals surface area contributed by atoms with E-state index in [0.717, 1.165) is 6.07 Å². The van der Waals surface area contributed by atoms with Crippen molar-refractivity contribution in [3.05, 3.63) is 23.8 Å². The lowest BCUT2D eigenvalue weighted by atomic mass is 10.2. The summed E-state index contributed by atoms with van der Waals surface area (Å²) in [6, 6.07) is 3.55. The van der Waals surface area contributed by atoms with Gasteiger partial charge in [-0.3, -0.25) is 9.59 Å². The highest BCUT2D eigenvalue weighted by Gasteiger charge is 2.09. The Labute approximate surface area is 97.8 Å². The maximum atomic E-state index is 11.5. The monoisotopic (exact) mass is 239 g/mol. The molecule has 0 fully saturated rings. The molecule has 6 heteroatoms. The summed E-state index contributed by atoms with van der Waals surface area (Å²) >= 11 is 0. The minimum atomic E-state index is -0.486. The smallest absolute Gasteiger partial charge is 0.307 e. The Morgan fingerprint density at radius 3 is 2.35 bits per heavy atom. The second-order valence-corrected chi connectivity index (χ2v) is 3.32. The summed E-state index contributed by atoms with van der Waals surface area (Å²) in [5.74, 6) is -1.32. The van der Waals surface area contributed by atoms with E-state index in [0.29, 0.717) is 0 Å². The van der Waals surface area contributed by atoms with Crippen molar-refractivity contribution in [1.82, 2.24) is 5.32 Å². The molecule has 1 aromatic rings. The van der Waals surface area contributed by atoms with Crippen LogP contribution in [-0.4, -0.2) is 35.7 Å². The van der Waals surface area contributed by atoms with Crippen LogP contribution in [0.1, 0.15) is 16.8 Å². The highest BCUT2D eigenvalue weighted by atomic mass is 16.5. The Balaban J connectivity index is 2.55. The first kappa shape index (κ1) is 12.8. The second-order valence-electron chi connectivity index (χ2n) is 3.32. The molecule has 0 saturated heterocycles. The third-order valence-electron chi connectivity index (χ3n) is 2.01. The Morgan fingerprint density at radius 2 is 1.82 bits per heavy atom. The molecule has 0 aromatic heterocycles. The average Bonchev–Trinajstić information content (AvgIpc) is 2.27. The molecule has 3 N–H and O–H groups in total. The highest BCUT2D eigenvalue weighted by molar-refractivity contribution is 5.95. The predicted molar refractivity (Wildman–Crippen MR) is 58.7 cm³/mol. The number of benzene rings is 1. The van der Waals surface area contributed by atoms with Crippen LogP contribution in [0.25, 0.3) is 0 Å². The van der Waals surface area contributed by atoms with Gasteiger partial charge in [0.05, 0.1) is 13.5 Å². The van der Waals surface area contributed by atoms with E-state index in [4.69, 9.17) is 0 Å². The molecule has 0 aliphatic carbocycles. The van der Waals surface area contributed by atoms with Gasteiger partial charge < -0.3 is 20.3 Å². The van der Waals surface area contributed by atoms with Crippen LogP contribution in [0.2, 0.25) is 0 Å². The number of aromatic hydroxyl groups is 2. The van der Waals surface area contributed by atoms with Crippen LogP contribution >= 0.6 is 0 Å². The van der Waals surface area contributed by atoms with E-state index in [1.807, 2.05) is 0 Å². The normalized spacial score (nSPS) is 9.71. The Morgan fingerprint density at radius 1 is 1.24 bits per heavy atom. The fourth-order valence-corrected chi connectivity index (χ4v) is 1.21. The van der Waals surface area contributed by atoms with Crippen molar-refractivity contribution in [2.45, 2.75) is 6.42 Å². The van der Waals surface area contributed by atoms with Crippen molar-refractivity contribution in [2.75, 3.05) is 13.7 Å². The predicted octanol–water partition coefficient (Wildman–Crippen LogP) is 0.391. The topological polar surface area (TPSA) is 95.9 Å². The van der Waals surface area contributed by atoms with Gasteiger partial charge in [-0.2, -0.15) is 0 Å². The molecule has 0 heterocycles. The number of nitrogens with one attached hydrogen (secondary N) is 1. The number of methoxy groups -OCH3 is 1. The Hall–Kier alpha value is -2.24. The quantitative estimate of drug-likeness (QED) is 0.660. The second kappa shape index (κ2) is 5.74. The number of rotatable bonds is 4. The van der Waals surface area contributed by atoms with E-state index < -0.39 is 11.9 Å². The summed E-state index contributed by atoms with van der Waals surface area (Å²) in [5, 5.41) is 20.8. The van der Waals surface area contributed by atoms with Crippen LogP contribution in [0.3, 0.4) is 0 Å². The number of carbonyl (C=O) groups excluding carboxylic acids is 2. The maximum Gasteiger partial charge on any atom is 0.307 e. The summed E-state index contributed by atoms with van der Waals surface area (Å²) in [6.07, 6.45) is 0.0625. The van der Waals surface area contributed by atoms with Crippen molar-refractivity contribution in [3.63, 3.8) is 0 Å². The Kier molecular flexibility index (Phi) is 4.33. The largest absolute Gasteiger partial charge is 0.508 e. The molecule has 0 atom stereocenters. The number of hydrogen-bond donors (Lipinski definition) is 3. The van der Waals surface area contributed by atoms with Crippen molar-refractivity contribution >= 4 is 11.9 Å². The zero-order valence-corrected chi connectivity index (χ0v) is 9.27. The number of hydrogen-bond acceptors (Lipinski definition) is 5. The van der Waals surface area contributed by atoms with Crippen LogP contribution in [0.4, 0.5) is 0 Å². The van der Waals surface area contributed by atoms with Gasteiger partial charge in [0.25, 0.3) is 5.91 Å². The molecule has 1 amide bonds. The number of phenols is 2. The molecule has 0 radical (unpaired) electrons. The van der Waals surface area contributed by atoms with Gasteiger partial charge in [-0.15, -0.1) is 0 Å². The van der Waals surface area contributed by atoms with Crippen molar-refractivity contribution < 1.29 is 24.5 Å². The number of carbonyl (C=O) groups is 2. The fraction of sp³-hybridized carbons (Fsp3) is 0.273. The maximum absolute atomic E-state index is 11.5. The molecule has 0 spiro atoms. The minimum Gasteiger partial charge on any atom is -0.508 e. The van der Waals surface area contributed by atoms with Gasteiger partial charge in [0.1, 0.15) is 11.5 Å². The zero-order valence-electron chi connectivity index (χ0n) is 9.27. The van der Waals surface area contributed by atoms with Gasteiger partial charge >= 0.3 is 5.97 Å². The van der Waals surface area contributed by atoms with Crippen LogP contribution < -0.4 is 5.32 Å². The first-order valence-corrected chi connectivity index (χ1v) is 4.91. The number of esters is 1. The van der Waals surface area contributed by atoms with E-state index in [9.17, 15) is 19.8 Å². The summed E-state index contributed by atoms with van der Waals surface area (Å²) in [7, 11) is 1.26. The van der Waals surface area contributed by atoms with Gasteiger partial charge in [0, 0.05) is 18.2 Å². The van der Waals surface area contributed by atoms with Gasteiger partial charge in [-0.1, -0.05) is 0 Å². The lowest BCUT2D eigenvalue weighted by Gasteiger charge is -2.05. The van der Waals surface area contributed by atoms with E-state index >= 15 is 0 Å². The molecule has 0 unspecified atom stereocenters. The fourth-order valence-electron chi connectivity index (χ4n) is 1.21. The molecule has 1 aromatic carbocycles. The highest BCUT2D eigenvalue weighted by Crippen LogP contribution is 2.20. The number of amides is 1. The summed E-state index contributed by atoms with van der Waals surface area (Å²) in [6.45, 7) is 0.127. The summed E-state index contributed by atoms with van der Waals surface area (Å²) in [4.78, 5) is 22.3. The van der Waals surface area contributed by atoms with E-state index in [1.165, 1.54) is 19.2 Å². The van der Waals surface area contributed by atoms with Gasteiger partial charge in [0.15, 0.2) is 0 Å². The summed E-state index contributed by atoms with van der Waals surface area (Å²) in [5.41, 5.74) is 0.118. The van der Waals surface area contributed by atoms with Crippen LogP contribution in [0, 0.1) is 0 Å². The third-order valence-corrected chi connectivity index (χ3v) is 2.01. The molecule has 1 rings (SSSR count). The van der Waals surface area contributed by atoms with E-state index in [2.05, 4.69) is 10.1 Å². The molecule has 0 bridgehead atoms. The number of ether oxygens (including phenoxy) is 1.